The Hall–Kier alpha value is -7.38. The minimum atomic E-state index is -1.03. The van der Waals surface area contributed by atoms with Crippen molar-refractivity contribution < 1.29 is 28.8 Å². The van der Waals surface area contributed by atoms with Crippen LogP contribution in [0.2, 0.25) is 0 Å². The Bertz CT molecular complexity index is 2630. The molecule has 0 saturated heterocycles. The zero-order valence-corrected chi connectivity index (χ0v) is 38.3. The Morgan fingerprint density at radius 2 is 0.851 bits per heavy atom. The van der Waals surface area contributed by atoms with E-state index in [9.17, 15) is 28.8 Å². The SMILES string of the molecule is CCC(NC(=O)[C@H](Cc1ccccc1)NCC(Cc1ccccc1)NC(=O)C(CC)NC(=O)[C@H](Cc1cccc2ccccc12)NC(C)=O)C(=O)N[C@@H](Cc1cccc2ccccc12)C(N)=O. The number of rotatable bonds is 23. The average molecular weight is 904 g/mol. The average Bonchev–Trinajstić information content (AvgIpc) is 3.33. The van der Waals surface area contributed by atoms with Gasteiger partial charge in [-0.3, -0.25) is 28.8 Å². The van der Waals surface area contributed by atoms with Crippen molar-refractivity contribution in [3.63, 3.8) is 0 Å². The molecule has 13 heteroatoms. The monoisotopic (exact) mass is 903 g/mol. The largest absolute Gasteiger partial charge is 0.368 e. The van der Waals surface area contributed by atoms with Crippen LogP contribution in [0.15, 0.2) is 146 Å². The van der Waals surface area contributed by atoms with Gasteiger partial charge in [0.05, 0.1) is 6.04 Å². The predicted molar refractivity (Wildman–Crippen MR) is 262 cm³/mol. The molecule has 6 aromatic rings. The summed E-state index contributed by atoms with van der Waals surface area (Å²) in [6.45, 7) is 5.06. The molecule has 6 amide bonds. The van der Waals surface area contributed by atoms with Crippen LogP contribution in [0.25, 0.3) is 21.5 Å². The number of hydrogen-bond donors (Lipinski definition) is 7. The van der Waals surface area contributed by atoms with E-state index in [0.29, 0.717) is 6.42 Å². The molecule has 0 saturated carbocycles. The van der Waals surface area contributed by atoms with E-state index in [0.717, 1.165) is 43.8 Å². The van der Waals surface area contributed by atoms with E-state index >= 15 is 0 Å². The quantitative estimate of drug-likeness (QED) is 0.0471. The Kier molecular flexibility index (Phi) is 17.7. The number of benzene rings is 6. The molecular weight excluding hydrogens is 843 g/mol. The lowest BCUT2D eigenvalue weighted by Gasteiger charge is -2.28. The summed E-state index contributed by atoms with van der Waals surface area (Å²) in [4.78, 5) is 81.2. The van der Waals surface area contributed by atoms with Crippen LogP contribution >= 0.6 is 0 Å². The van der Waals surface area contributed by atoms with Crippen LogP contribution in [0.3, 0.4) is 0 Å². The van der Waals surface area contributed by atoms with Crippen molar-refractivity contribution in [2.75, 3.05) is 6.54 Å². The maximum Gasteiger partial charge on any atom is 0.243 e. The minimum Gasteiger partial charge on any atom is -0.368 e. The maximum atomic E-state index is 14.3. The van der Waals surface area contributed by atoms with Gasteiger partial charge in [-0.05, 0) is 69.5 Å². The van der Waals surface area contributed by atoms with E-state index in [4.69, 9.17) is 5.73 Å². The Morgan fingerprint density at radius 3 is 1.36 bits per heavy atom. The van der Waals surface area contributed by atoms with Gasteiger partial charge in [0.1, 0.15) is 24.2 Å². The second kappa shape index (κ2) is 24.2. The summed E-state index contributed by atoms with van der Waals surface area (Å²) >= 11 is 0. The van der Waals surface area contributed by atoms with E-state index in [1.165, 1.54) is 6.92 Å². The van der Waals surface area contributed by atoms with Crippen LogP contribution in [-0.2, 0) is 54.5 Å². The van der Waals surface area contributed by atoms with Crippen molar-refractivity contribution in [3.8, 4) is 0 Å². The standard InChI is InChI=1S/C54H61N7O6/c1-4-45(60-54(67)49(57-35(3)62)33-41-27-17-25-39-23-13-15-29-44(39)41)51(64)58-42(30-36-18-8-6-9-19-36)34-56-48(31-37-20-10-7-11-21-37)53(66)59-46(5-2)52(65)61-47(50(55)63)32-40-26-16-24-38-22-12-14-28-43(38)40/h6-29,42,45-49,56H,4-5,30-34H2,1-3H3,(H2,55,63)(H,57,62)(H,58,64)(H,59,66)(H,60,67)(H,61,65)/t42?,45?,46?,47-,48-,49-/m0/s1. The maximum absolute atomic E-state index is 14.3. The van der Waals surface area contributed by atoms with Crippen molar-refractivity contribution in [1.29, 1.82) is 0 Å². The topological polar surface area (TPSA) is 201 Å². The summed E-state index contributed by atoms with van der Waals surface area (Å²) in [6, 6.07) is 40.9. The molecule has 3 unspecified atom stereocenters. The highest BCUT2D eigenvalue weighted by atomic mass is 16.2. The lowest BCUT2D eigenvalue weighted by atomic mass is 9.98. The van der Waals surface area contributed by atoms with Crippen molar-refractivity contribution in [1.82, 2.24) is 31.9 Å². The highest BCUT2D eigenvalue weighted by Gasteiger charge is 2.31. The Balaban J connectivity index is 1.16. The third kappa shape index (κ3) is 14.1. The van der Waals surface area contributed by atoms with Crippen LogP contribution in [0.4, 0.5) is 0 Å². The molecule has 13 nitrogen and oxygen atoms in total. The second-order valence-electron chi connectivity index (χ2n) is 16.9. The molecule has 6 atom stereocenters. The van der Waals surface area contributed by atoms with Gasteiger partial charge in [0.2, 0.25) is 35.4 Å². The van der Waals surface area contributed by atoms with Crippen LogP contribution in [-0.4, -0.2) is 78.2 Å². The molecule has 6 rings (SSSR count). The number of primary amides is 1. The summed E-state index contributed by atoms with van der Waals surface area (Å²) in [5.41, 5.74) is 9.35. The molecular formula is C54H61N7O6. The van der Waals surface area contributed by atoms with Crippen molar-refractivity contribution >= 4 is 57.0 Å². The Labute approximate surface area is 392 Å². The first kappa shape index (κ1) is 49.1. The van der Waals surface area contributed by atoms with Gasteiger partial charge < -0.3 is 37.6 Å². The second-order valence-corrected chi connectivity index (χ2v) is 16.9. The fourth-order valence-electron chi connectivity index (χ4n) is 8.35. The molecule has 0 radical (unpaired) electrons. The molecule has 0 aliphatic heterocycles. The van der Waals surface area contributed by atoms with E-state index < -0.39 is 65.8 Å². The molecule has 67 heavy (non-hydrogen) atoms. The summed E-state index contributed by atoms with van der Waals surface area (Å²) in [7, 11) is 0. The first-order valence-corrected chi connectivity index (χ1v) is 22.9. The van der Waals surface area contributed by atoms with Crippen LogP contribution < -0.4 is 37.6 Å². The van der Waals surface area contributed by atoms with E-state index in [-0.39, 0.29) is 44.6 Å². The number of carbonyl (C=O) groups is 6. The van der Waals surface area contributed by atoms with Gasteiger partial charge in [-0.15, -0.1) is 0 Å². The van der Waals surface area contributed by atoms with Gasteiger partial charge in [-0.1, -0.05) is 159 Å². The number of nitrogens with one attached hydrogen (secondary N) is 6. The number of amides is 6. The number of nitrogens with two attached hydrogens (primary N) is 1. The highest BCUT2D eigenvalue weighted by molar-refractivity contribution is 5.95. The van der Waals surface area contributed by atoms with E-state index in [1.807, 2.05) is 146 Å². The van der Waals surface area contributed by atoms with Gasteiger partial charge in [0.15, 0.2) is 0 Å². The fraction of sp³-hybridized carbons (Fsp3) is 0.296. The van der Waals surface area contributed by atoms with Crippen molar-refractivity contribution in [3.05, 3.63) is 168 Å². The van der Waals surface area contributed by atoms with Gasteiger partial charge in [0, 0.05) is 32.4 Å². The number of fused-ring (bicyclic) bond motifs is 2. The first-order chi connectivity index (χ1) is 32.4. The van der Waals surface area contributed by atoms with Crippen LogP contribution in [0.1, 0.15) is 55.9 Å². The number of hydrogen-bond acceptors (Lipinski definition) is 7. The number of carbonyl (C=O) groups excluding carboxylic acids is 6. The molecule has 0 fully saturated rings. The van der Waals surface area contributed by atoms with Gasteiger partial charge in [-0.2, -0.15) is 0 Å². The lowest BCUT2D eigenvalue weighted by molar-refractivity contribution is -0.132. The minimum absolute atomic E-state index is 0.142. The molecule has 8 N–H and O–H groups in total. The molecule has 0 bridgehead atoms. The molecule has 6 aromatic carbocycles. The molecule has 348 valence electrons. The summed E-state index contributed by atoms with van der Waals surface area (Å²) in [5.74, 6) is -2.99. The van der Waals surface area contributed by atoms with Gasteiger partial charge in [0.25, 0.3) is 0 Å². The molecule has 0 aliphatic rings. The summed E-state index contributed by atoms with van der Waals surface area (Å²) in [5, 5.41) is 21.8. The highest BCUT2D eigenvalue weighted by Crippen LogP contribution is 2.21. The molecule has 0 aromatic heterocycles. The van der Waals surface area contributed by atoms with E-state index in [1.54, 1.807) is 13.8 Å². The van der Waals surface area contributed by atoms with Crippen LogP contribution in [0, 0.1) is 0 Å². The van der Waals surface area contributed by atoms with Crippen molar-refractivity contribution in [2.24, 2.45) is 5.73 Å². The zero-order chi connectivity index (χ0) is 47.7. The van der Waals surface area contributed by atoms with E-state index in [2.05, 4.69) is 31.9 Å². The lowest BCUT2D eigenvalue weighted by Crippen LogP contribution is -2.58. The molecule has 0 aliphatic carbocycles. The van der Waals surface area contributed by atoms with Crippen molar-refractivity contribution in [2.45, 2.75) is 95.5 Å². The molecule has 0 heterocycles. The predicted octanol–water partition coefficient (Wildman–Crippen LogP) is 4.97. The third-order valence-electron chi connectivity index (χ3n) is 11.9. The fourth-order valence-corrected chi connectivity index (χ4v) is 8.35. The van der Waals surface area contributed by atoms with Gasteiger partial charge >= 0.3 is 0 Å². The summed E-state index contributed by atoms with van der Waals surface area (Å²) in [6.07, 6.45) is 1.54. The Morgan fingerprint density at radius 1 is 0.433 bits per heavy atom. The zero-order valence-electron chi connectivity index (χ0n) is 38.3. The van der Waals surface area contributed by atoms with Crippen LogP contribution in [0.5, 0.6) is 0 Å². The third-order valence-corrected chi connectivity index (χ3v) is 11.9. The summed E-state index contributed by atoms with van der Waals surface area (Å²) < 4.78 is 0. The smallest absolute Gasteiger partial charge is 0.243 e. The van der Waals surface area contributed by atoms with Gasteiger partial charge in [-0.25, -0.2) is 0 Å². The first-order valence-electron chi connectivity index (χ1n) is 22.9. The molecule has 0 spiro atoms. The normalized spacial score (nSPS) is 13.8.